The Kier molecular flexibility index (Phi) is 2.83. The van der Waals surface area contributed by atoms with E-state index in [9.17, 15) is 18.4 Å². The minimum absolute atomic E-state index is 0.0179. The lowest BCUT2D eigenvalue weighted by Gasteiger charge is -2.05. The number of aromatic nitrogens is 2. The number of rotatable bonds is 2. The van der Waals surface area contributed by atoms with E-state index in [1.165, 1.54) is 30.3 Å². The molecule has 0 aliphatic rings. The molecular weight excluding hydrogens is 282 g/mol. The Hall–Kier alpha value is -2.96. The van der Waals surface area contributed by atoms with Gasteiger partial charge >= 0.3 is 11.7 Å². The van der Waals surface area contributed by atoms with Crippen molar-refractivity contribution in [3.63, 3.8) is 0 Å². The Labute approximate surface area is 116 Å². The minimum Gasteiger partial charge on any atom is -0.478 e. The summed E-state index contributed by atoms with van der Waals surface area (Å²) in [5.41, 5.74) is -0.458. The Bertz CT molecular complexity index is 928. The van der Waals surface area contributed by atoms with Crippen molar-refractivity contribution in [2.24, 2.45) is 0 Å². The van der Waals surface area contributed by atoms with E-state index in [4.69, 9.17) is 5.11 Å². The highest BCUT2D eigenvalue weighted by Gasteiger charge is 2.16. The summed E-state index contributed by atoms with van der Waals surface area (Å²) in [7, 11) is 0. The molecule has 21 heavy (non-hydrogen) atoms. The summed E-state index contributed by atoms with van der Waals surface area (Å²) in [5, 5.41) is 8.91. The van der Waals surface area contributed by atoms with Crippen molar-refractivity contribution in [2.75, 3.05) is 0 Å². The molecule has 1 aromatic heterocycles. The van der Waals surface area contributed by atoms with Crippen molar-refractivity contribution in [1.82, 2.24) is 9.55 Å². The molecule has 0 aliphatic heterocycles. The predicted octanol–water partition coefficient (Wildman–Crippen LogP) is 2.30. The molecule has 0 fully saturated rings. The van der Waals surface area contributed by atoms with Gasteiger partial charge in [-0.15, -0.1) is 0 Å². The third-order valence-corrected chi connectivity index (χ3v) is 3.10. The van der Waals surface area contributed by atoms with Crippen molar-refractivity contribution in [3.05, 3.63) is 64.1 Å². The number of carboxylic acids is 1. The van der Waals surface area contributed by atoms with Gasteiger partial charge in [0.1, 0.15) is 0 Å². The zero-order valence-electron chi connectivity index (χ0n) is 10.4. The van der Waals surface area contributed by atoms with E-state index >= 15 is 0 Å². The molecule has 0 spiro atoms. The Morgan fingerprint density at radius 3 is 2.67 bits per heavy atom. The topological polar surface area (TPSA) is 75.1 Å². The van der Waals surface area contributed by atoms with E-state index in [0.29, 0.717) is 0 Å². The molecule has 0 bridgehead atoms. The number of aromatic amines is 1. The van der Waals surface area contributed by atoms with Crippen LogP contribution in [-0.2, 0) is 0 Å². The van der Waals surface area contributed by atoms with Crippen LogP contribution in [0.3, 0.4) is 0 Å². The number of hydrogen-bond acceptors (Lipinski definition) is 2. The van der Waals surface area contributed by atoms with Gasteiger partial charge in [0.05, 0.1) is 22.3 Å². The second-order valence-corrected chi connectivity index (χ2v) is 4.38. The summed E-state index contributed by atoms with van der Waals surface area (Å²) in [6, 6.07) is 7.39. The molecule has 7 heteroatoms. The maximum atomic E-state index is 13.8. The molecule has 0 saturated carbocycles. The summed E-state index contributed by atoms with van der Waals surface area (Å²) in [6.07, 6.45) is 0. The molecular formula is C14H8F2N2O3. The molecule has 0 saturated heterocycles. The lowest BCUT2D eigenvalue weighted by molar-refractivity contribution is 0.0697. The SMILES string of the molecule is O=C(O)c1ccc2c(c1)[nH]c(=O)n2-c1cccc(F)c1F. The van der Waals surface area contributed by atoms with E-state index in [0.717, 1.165) is 10.6 Å². The highest BCUT2D eigenvalue weighted by Crippen LogP contribution is 2.20. The maximum Gasteiger partial charge on any atom is 0.335 e. The van der Waals surface area contributed by atoms with Crippen molar-refractivity contribution < 1.29 is 18.7 Å². The molecule has 1 heterocycles. The molecule has 2 N–H and O–H groups in total. The number of H-pyrrole nitrogens is 1. The fourth-order valence-corrected chi connectivity index (χ4v) is 2.15. The van der Waals surface area contributed by atoms with Gasteiger partial charge in [0.15, 0.2) is 11.6 Å². The van der Waals surface area contributed by atoms with Gasteiger partial charge in [0.25, 0.3) is 0 Å². The first-order valence-corrected chi connectivity index (χ1v) is 5.91. The zero-order valence-corrected chi connectivity index (χ0v) is 10.4. The molecule has 0 unspecified atom stereocenters. The third-order valence-electron chi connectivity index (χ3n) is 3.10. The average molecular weight is 290 g/mol. The molecule has 0 atom stereocenters. The van der Waals surface area contributed by atoms with Crippen LogP contribution in [0.2, 0.25) is 0 Å². The van der Waals surface area contributed by atoms with Gasteiger partial charge < -0.3 is 10.1 Å². The summed E-state index contributed by atoms with van der Waals surface area (Å²) < 4.78 is 28.1. The van der Waals surface area contributed by atoms with Crippen LogP contribution >= 0.6 is 0 Å². The Morgan fingerprint density at radius 1 is 1.19 bits per heavy atom. The molecule has 106 valence electrons. The number of carboxylic acid groups (broad SMARTS) is 1. The Balaban J connectivity index is 2.33. The second kappa shape index (κ2) is 4.55. The van der Waals surface area contributed by atoms with Gasteiger partial charge in [0.2, 0.25) is 0 Å². The fourth-order valence-electron chi connectivity index (χ4n) is 2.15. The van der Waals surface area contributed by atoms with Crippen molar-refractivity contribution in [3.8, 4) is 5.69 Å². The lowest BCUT2D eigenvalue weighted by Crippen LogP contribution is -2.16. The van der Waals surface area contributed by atoms with E-state index in [1.807, 2.05) is 0 Å². The van der Waals surface area contributed by atoms with Gasteiger partial charge in [-0.05, 0) is 30.3 Å². The van der Waals surface area contributed by atoms with Crippen molar-refractivity contribution in [1.29, 1.82) is 0 Å². The maximum absolute atomic E-state index is 13.8. The van der Waals surface area contributed by atoms with Crippen LogP contribution in [0.1, 0.15) is 10.4 Å². The highest BCUT2D eigenvalue weighted by molar-refractivity contribution is 5.92. The fraction of sp³-hybridized carbons (Fsp3) is 0. The number of fused-ring (bicyclic) bond motifs is 1. The molecule has 5 nitrogen and oxygen atoms in total. The van der Waals surface area contributed by atoms with E-state index in [2.05, 4.69) is 4.98 Å². The first-order valence-electron chi connectivity index (χ1n) is 5.91. The van der Waals surface area contributed by atoms with Crippen molar-refractivity contribution >= 4 is 17.0 Å². The van der Waals surface area contributed by atoms with Crippen LogP contribution in [0.15, 0.2) is 41.2 Å². The van der Waals surface area contributed by atoms with E-state index in [-0.39, 0.29) is 22.3 Å². The summed E-state index contributed by atoms with van der Waals surface area (Å²) >= 11 is 0. The smallest absolute Gasteiger partial charge is 0.335 e. The number of imidazole rings is 1. The molecule has 0 radical (unpaired) electrons. The van der Waals surface area contributed by atoms with Gasteiger partial charge in [-0.2, -0.15) is 0 Å². The lowest BCUT2D eigenvalue weighted by atomic mass is 10.2. The van der Waals surface area contributed by atoms with Gasteiger partial charge in [-0.1, -0.05) is 6.07 Å². The summed E-state index contributed by atoms with van der Waals surface area (Å²) in [4.78, 5) is 25.3. The molecule has 3 rings (SSSR count). The molecule has 0 aliphatic carbocycles. The molecule has 2 aromatic carbocycles. The van der Waals surface area contributed by atoms with E-state index in [1.54, 1.807) is 0 Å². The number of hydrogen-bond donors (Lipinski definition) is 2. The average Bonchev–Trinajstić information content (AvgIpc) is 2.77. The summed E-state index contributed by atoms with van der Waals surface area (Å²) in [6.45, 7) is 0. The number of carbonyl (C=O) groups is 1. The van der Waals surface area contributed by atoms with Crippen LogP contribution in [0.25, 0.3) is 16.7 Å². The highest BCUT2D eigenvalue weighted by atomic mass is 19.2. The zero-order chi connectivity index (χ0) is 15.1. The standard InChI is InChI=1S/C14H8F2N2O3/c15-8-2-1-3-11(12(8)16)18-10-5-4-7(13(19)20)6-9(10)17-14(18)21/h1-6H,(H,17,21)(H,19,20). The second-order valence-electron chi connectivity index (χ2n) is 4.38. The van der Waals surface area contributed by atoms with Gasteiger partial charge in [-0.3, -0.25) is 4.57 Å². The first-order chi connectivity index (χ1) is 9.99. The van der Waals surface area contributed by atoms with Crippen molar-refractivity contribution in [2.45, 2.75) is 0 Å². The van der Waals surface area contributed by atoms with Crippen LogP contribution < -0.4 is 5.69 Å². The summed E-state index contributed by atoms with van der Waals surface area (Å²) in [5.74, 6) is -3.37. The number of aromatic carboxylic acids is 1. The third kappa shape index (κ3) is 1.99. The van der Waals surface area contributed by atoms with Gasteiger partial charge in [-0.25, -0.2) is 18.4 Å². The Morgan fingerprint density at radius 2 is 1.95 bits per heavy atom. The monoisotopic (exact) mass is 290 g/mol. The number of nitrogens with one attached hydrogen (secondary N) is 1. The molecule has 3 aromatic rings. The normalized spacial score (nSPS) is 11.0. The number of nitrogens with zero attached hydrogens (tertiary/aromatic N) is 1. The van der Waals surface area contributed by atoms with Crippen LogP contribution in [0.5, 0.6) is 0 Å². The number of halogens is 2. The quantitative estimate of drug-likeness (QED) is 0.760. The van der Waals surface area contributed by atoms with Crippen LogP contribution in [-0.4, -0.2) is 20.6 Å². The van der Waals surface area contributed by atoms with Gasteiger partial charge in [0, 0.05) is 0 Å². The predicted molar refractivity (Wildman–Crippen MR) is 70.8 cm³/mol. The van der Waals surface area contributed by atoms with E-state index < -0.39 is 23.3 Å². The first kappa shape index (κ1) is 13.0. The molecule has 0 amide bonds. The van der Waals surface area contributed by atoms with Crippen LogP contribution in [0, 0.1) is 11.6 Å². The minimum atomic E-state index is -1.15. The number of benzene rings is 2. The van der Waals surface area contributed by atoms with Crippen LogP contribution in [0.4, 0.5) is 8.78 Å². The largest absolute Gasteiger partial charge is 0.478 e.